The van der Waals surface area contributed by atoms with E-state index in [1.165, 1.54) is 0 Å². The Morgan fingerprint density at radius 2 is 2.00 bits per heavy atom. The first-order chi connectivity index (χ1) is 6.94. The molecule has 0 radical (unpaired) electrons. The topological polar surface area (TPSA) is 38.7 Å². The maximum Gasteiger partial charge on any atom is 0.391 e. The van der Waals surface area contributed by atoms with Crippen molar-refractivity contribution in [1.82, 2.24) is 0 Å². The van der Waals surface area contributed by atoms with Crippen LogP contribution in [0.3, 0.4) is 0 Å². The Kier molecular flexibility index (Phi) is 4.36. The molecule has 0 amide bonds. The molecule has 0 aliphatic heterocycles. The zero-order valence-electron chi connectivity index (χ0n) is 8.46. The largest absolute Gasteiger partial charge is 0.391 e. The fourth-order valence-corrected chi connectivity index (χ4v) is 1.46. The summed E-state index contributed by atoms with van der Waals surface area (Å²) < 4.78 is 45.5. The van der Waals surface area contributed by atoms with E-state index in [4.69, 9.17) is 9.47 Å². The summed E-state index contributed by atoms with van der Waals surface area (Å²) in [4.78, 5) is 0. The van der Waals surface area contributed by atoms with Gasteiger partial charge in [-0.15, -0.1) is 0 Å². The Hall–Kier alpha value is -0.330. The van der Waals surface area contributed by atoms with Crippen LogP contribution in [0.25, 0.3) is 0 Å². The summed E-state index contributed by atoms with van der Waals surface area (Å²) in [6.07, 6.45) is -6.28. The van der Waals surface area contributed by atoms with Gasteiger partial charge in [-0.05, 0) is 6.92 Å². The number of hydrogen-bond acceptors (Lipinski definition) is 3. The first-order valence-corrected chi connectivity index (χ1v) is 4.92. The highest BCUT2D eigenvalue weighted by Crippen LogP contribution is 2.28. The molecular weight excluding hydrogens is 213 g/mol. The molecule has 90 valence electrons. The Morgan fingerprint density at radius 1 is 1.33 bits per heavy atom. The van der Waals surface area contributed by atoms with Crippen LogP contribution in [0.2, 0.25) is 0 Å². The highest BCUT2D eigenvalue weighted by Gasteiger charge is 2.42. The first kappa shape index (κ1) is 12.7. The third-order valence-corrected chi connectivity index (χ3v) is 2.30. The quantitative estimate of drug-likeness (QED) is 0.774. The molecule has 3 unspecified atom stereocenters. The number of rotatable bonds is 5. The molecule has 0 aromatic carbocycles. The van der Waals surface area contributed by atoms with E-state index in [2.05, 4.69) is 0 Å². The van der Waals surface area contributed by atoms with Crippen molar-refractivity contribution >= 4 is 0 Å². The molecule has 1 saturated carbocycles. The van der Waals surface area contributed by atoms with E-state index < -0.39 is 30.9 Å². The van der Waals surface area contributed by atoms with Gasteiger partial charge in [0.15, 0.2) is 0 Å². The van der Waals surface area contributed by atoms with Crippen LogP contribution < -0.4 is 0 Å². The minimum absolute atomic E-state index is 0.350. The molecule has 1 aliphatic carbocycles. The maximum atomic E-state index is 11.8. The van der Waals surface area contributed by atoms with Crippen LogP contribution in [0.5, 0.6) is 0 Å². The smallest absolute Gasteiger partial charge is 0.390 e. The summed E-state index contributed by atoms with van der Waals surface area (Å²) in [7, 11) is 0. The summed E-state index contributed by atoms with van der Waals surface area (Å²) in [6, 6.07) is 0. The van der Waals surface area contributed by atoms with Crippen LogP contribution in [0.4, 0.5) is 13.2 Å². The number of aliphatic hydroxyl groups is 1. The van der Waals surface area contributed by atoms with E-state index in [1.54, 1.807) is 6.92 Å². The van der Waals surface area contributed by atoms with Gasteiger partial charge in [0.2, 0.25) is 0 Å². The van der Waals surface area contributed by atoms with Crippen LogP contribution in [-0.2, 0) is 9.47 Å². The van der Waals surface area contributed by atoms with Gasteiger partial charge in [-0.1, -0.05) is 0 Å². The van der Waals surface area contributed by atoms with Gasteiger partial charge in [0.25, 0.3) is 0 Å². The standard InChI is InChI=1S/C9H15F3O3/c1-2-14-8-6(13)5-7(8)15-4-3-9(10,11)12/h6-8,13H,2-5H2,1H3. The van der Waals surface area contributed by atoms with Crippen molar-refractivity contribution in [1.29, 1.82) is 0 Å². The molecule has 0 heterocycles. The van der Waals surface area contributed by atoms with Crippen LogP contribution in [-0.4, -0.2) is 42.8 Å². The number of halogens is 3. The lowest BCUT2D eigenvalue weighted by atomic mass is 9.88. The van der Waals surface area contributed by atoms with Crippen molar-refractivity contribution in [2.24, 2.45) is 0 Å². The Bertz CT molecular complexity index is 196. The SMILES string of the molecule is CCOC1C(O)CC1OCCC(F)(F)F. The second kappa shape index (κ2) is 5.14. The van der Waals surface area contributed by atoms with E-state index in [9.17, 15) is 18.3 Å². The number of alkyl halides is 3. The van der Waals surface area contributed by atoms with Gasteiger partial charge >= 0.3 is 6.18 Å². The number of aliphatic hydroxyl groups excluding tert-OH is 1. The molecule has 0 aromatic rings. The molecule has 3 nitrogen and oxygen atoms in total. The molecule has 0 saturated heterocycles. The fourth-order valence-electron chi connectivity index (χ4n) is 1.46. The summed E-state index contributed by atoms with van der Waals surface area (Å²) >= 11 is 0. The van der Waals surface area contributed by atoms with Crippen LogP contribution in [0.15, 0.2) is 0 Å². The van der Waals surface area contributed by atoms with Crippen molar-refractivity contribution in [3.05, 3.63) is 0 Å². The van der Waals surface area contributed by atoms with Crippen molar-refractivity contribution in [2.45, 2.75) is 44.3 Å². The van der Waals surface area contributed by atoms with Gasteiger partial charge in [-0.2, -0.15) is 13.2 Å². The lowest BCUT2D eigenvalue weighted by Crippen LogP contribution is -2.53. The molecule has 0 aromatic heterocycles. The minimum Gasteiger partial charge on any atom is -0.390 e. The Morgan fingerprint density at radius 3 is 2.47 bits per heavy atom. The Labute approximate surface area is 86.2 Å². The zero-order valence-corrected chi connectivity index (χ0v) is 8.46. The summed E-state index contributed by atoms with van der Waals surface area (Å²) in [5, 5.41) is 9.24. The highest BCUT2D eigenvalue weighted by molar-refractivity contribution is 4.91. The molecule has 3 atom stereocenters. The average molecular weight is 228 g/mol. The molecule has 1 fully saturated rings. The van der Waals surface area contributed by atoms with Crippen molar-refractivity contribution in [3.8, 4) is 0 Å². The highest BCUT2D eigenvalue weighted by atomic mass is 19.4. The van der Waals surface area contributed by atoms with E-state index in [0.29, 0.717) is 13.0 Å². The van der Waals surface area contributed by atoms with Crippen LogP contribution >= 0.6 is 0 Å². The molecular formula is C9H15F3O3. The normalized spacial score (nSPS) is 31.4. The van der Waals surface area contributed by atoms with Gasteiger partial charge in [0.1, 0.15) is 6.10 Å². The second-order valence-corrected chi connectivity index (χ2v) is 3.50. The van der Waals surface area contributed by atoms with Gasteiger partial charge in [0.05, 0.1) is 25.2 Å². The van der Waals surface area contributed by atoms with E-state index >= 15 is 0 Å². The van der Waals surface area contributed by atoms with Gasteiger partial charge in [-0.25, -0.2) is 0 Å². The summed E-state index contributed by atoms with van der Waals surface area (Å²) in [5.41, 5.74) is 0. The van der Waals surface area contributed by atoms with Gasteiger partial charge < -0.3 is 14.6 Å². The zero-order chi connectivity index (χ0) is 11.5. The van der Waals surface area contributed by atoms with Crippen molar-refractivity contribution < 1.29 is 27.8 Å². The van der Waals surface area contributed by atoms with E-state index in [-0.39, 0.29) is 6.61 Å². The minimum atomic E-state index is -4.19. The molecule has 1 rings (SSSR count). The number of ether oxygens (including phenoxy) is 2. The fraction of sp³-hybridized carbons (Fsp3) is 1.00. The van der Waals surface area contributed by atoms with Crippen LogP contribution in [0, 0.1) is 0 Å². The first-order valence-electron chi connectivity index (χ1n) is 4.92. The van der Waals surface area contributed by atoms with E-state index in [0.717, 1.165) is 0 Å². The van der Waals surface area contributed by atoms with Crippen molar-refractivity contribution in [3.63, 3.8) is 0 Å². The summed E-state index contributed by atoms with van der Waals surface area (Å²) in [6.45, 7) is 1.81. The lowest BCUT2D eigenvalue weighted by molar-refractivity contribution is -0.204. The van der Waals surface area contributed by atoms with Gasteiger partial charge in [-0.3, -0.25) is 0 Å². The Balaban J connectivity index is 2.17. The second-order valence-electron chi connectivity index (χ2n) is 3.50. The predicted octanol–water partition coefficient (Wildman–Crippen LogP) is 1.49. The molecule has 1 aliphatic rings. The van der Waals surface area contributed by atoms with Gasteiger partial charge in [0, 0.05) is 13.0 Å². The molecule has 6 heteroatoms. The molecule has 0 spiro atoms. The third-order valence-electron chi connectivity index (χ3n) is 2.30. The molecule has 1 N–H and O–H groups in total. The van der Waals surface area contributed by atoms with Crippen LogP contribution in [0.1, 0.15) is 19.8 Å². The maximum absolute atomic E-state index is 11.8. The number of hydrogen-bond donors (Lipinski definition) is 1. The molecule has 0 bridgehead atoms. The summed E-state index contributed by atoms with van der Waals surface area (Å²) in [5.74, 6) is 0. The molecule has 15 heavy (non-hydrogen) atoms. The predicted molar refractivity (Wildman–Crippen MR) is 46.4 cm³/mol. The lowest BCUT2D eigenvalue weighted by Gasteiger charge is -2.40. The average Bonchev–Trinajstić information content (AvgIpc) is 2.11. The van der Waals surface area contributed by atoms with Crippen molar-refractivity contribution in [2.75, 3.05) is 13.2 Å². The van der Waals surface area contributed by atoms with E-state index in [1.807, 2.05) is 0 Å². The monoisotopic (exact) mass is 228 g/mol. The third kappa shape index (κ3) is 3.96.